The second-order valence-corrected chi connectivity index (χ2v) is 5.28. The van der Waals surface area contributed by atoms with Gasteiger partial charge in [0.05, 0.1) is 6.10 Å². The predicted octanol–water partition coefficient (Wildman–Crippen LogP) is 2.52. The number of carboxylic acid groups (broad SMARTS) is 1. The summed E-state index contributed by atoms with van der Waals surface area (Å²) in [6.07, 6.45) is 1.89. The van der Waals surface area contributed by atoms with Crippen molar-refractivity contribution in [2.45, 2.75) is 45.4 Å². The van der Waals surface area contributed by atoms with Crippen LogP contribution in [0.3, 0.4) is 0 Å². The number of ether oxygens (including phenoxy) is 1. The normalized spacial score (nSPS) is 19.8. The van der Waals surface area contributed by atoms with Crippen molar-refractivity contribution in [2.75, 3.05) is 6.54 Å². The molecule has 1 saturated heterocycles. The second-order valence-electron chi connectivity index (χ2n) is 5.28. The van der Waals surface area contributed by atoms with Crippen LogP contribution in [0, 0.1) is 0 Å². The summed E-state index contributed by atoms with van der Waals surface area (Å²) in [7, 11) is 0. The minimum absolute atomic E-state index is 0.167. The van der Waals surface area contributed by atoms with Crippen molar-refractivity contribution in [3.63, 3.8) is 0 Å². The van der Waals surface area contributed by atoms with Gasteiger partial charge in [-0.05, 0) is 50.9 Å². The number of likely N-dealkylation sites (tertiary alicyclic amines) is 1. The Kier molecular flexibility index (Phi) is 4.43. The number of hydrogen-bond acceptors (Lipinski definition) is 3. The Morgan fingerprint density at radius 2 is 2.11 bits per heavy atom. The molecular formula is C15H21NO3. The molecule has 1 aromatic rings. The predicted molar refractivity (Wildman–Crippen MR) is 73.3 cm³/mol. The van der Waals surface area contributed by atoms with Crippen LogP contribution in [0.2, 0.25) is 0 Å². The van der Waals surface area contributed by atoms with E-state index in [1.54, 1.807) is 0 Å². The van der Waals surface area contributed by atoms with E-state index >= 15 is 0 Å². The molecule has 0 radical (unpaired) electrons. The third-order valence-corrected chi connectivity index (χ3v) is 3.33. The minimum atomic E-state index is -0.711. The molecular weight excluding hydrogens is 242 g/mol. The number of aliphatic carboxylic acids is 1. The second kappa shape index (κ2) is 6.06. The van der Waals surface area contributed by atoms with Crippen LogP contribution < -0.4 is 4.74 Å². The first kappa shape index (κ1) is 13.9. The summed E-state index contributed by atoms with van der Waals surface area (Å²) in [5.41, 5.74) is 1.13. The number of hydrogen-bond donors (Lipinski definition) is 1. The van der Waals surface area contributed by atoms with Gasteiger partial charge in [0.25, 0.3) is 0 Å². The number of nitrogens with zero attached hydrogens (tertiary/aromatic N) is 1. The first-order chi connectivity index (χ1) is 9.06. The van der Waals surface area contributed by atoms with Crippen molar-refractivity contribution in [3.8, 4) is 5.75 Å². The highest BCUT2D eigenvalue weighted by Gasteiger charge is 2.30. The van der Waals surface area contributed by atoms with Crippen LogP contribution in [-0.2, 0) is 11.3 Å². The van der Waals surface area contributed by atoms with Crippen molar-refractivity contribution >= 4 is 5.97 Å². The van der Waals surface area contributed by atoms with Crippen LogP contribution in [0.1, 0.15) is 32.3 Å². The van der Waals surface area contributed by atoms with E-state index in [1.165, 1.54) is 0 Å². The van der Waals surface area contributed by atoms with Gasteiger partial charge in [0.15, 0.2) is 0 Å². The average Bonchev–Trinajstić information content (AvgIpc) is 2.79. The van der Waals surface area contributed by atoms with Gasteiger partial charge in [-0.15, -0.1) is 0 Å². The highest BCUT2D eigenvalue weighted by atomic mass is 16.5. The first-order valence-corrected chi connectivity index (χ1v) is 6.78. The molecule has 4 nitrogen and oxygen atoms in total. The van der Waals surface area contributed by atoms with Gasteiger partial charge in [-0.2, -0.15) is 0 Å². The zero-order valence-corrected chi connectivity index (χ0v) is 11.5. The molecule has 0 spiro atoms. The quantitative estimate of drug-likeness (QED) is 0.887. The molecule has 2 rings (SSSR count). The van der Waals surface area contributed by atoms with Gasteiger partial charge in [-0.1, -0.05) is 12.1 Å². The van der Waals surface area contributed by atoms with Gasteiger partial charge < -0.3 is 9.84 Å². The van der Waals surface area contributed by atoms with E-state index in [0.29, 0.717) is 6.54 Å². The maximum Gasteiger partial charge on any atom is 0.320 e. The van der Waals surface area contributed by atoms with Crippen molar-refractivity contribution in [1.29, 1.82) is 0 Å². The Balaban J connectivity index is 1.97. The molecule has 19 heavy (non-hydrogen) atoms. The molecule has 0 aromatic heterocycles. The monoisotopic (exact) mass is 263 g/mol. The summed E-state index contributed by atoms with van der Waals surface area (Å²) in [5.74, 6) is 0.146. The Morgan fingerprint density at radius 1 is 1.42 bits per heavy atom. The molecule has 0 aliphatic carbocycles. The summed E-state index contributed by atoms with van der Waals surface area (Å²) in [4.78, 5) is 13.1. The van der Waals surface area contributed by atoms with E-state index in [2.05, 4.69) is 0 Å². The molecule has 1 aromatic carbocycles. The van der Waals surface area contributed by atoms with E-state index < -0.39 is 5.97 Å². The van der Waals surface area contributed by atoms with Gasteiger partial charge in [0.1, 0.15) is 11.8 Å². The smallest absolute Gasteiger partial charge is 0.320 e. The van der Waals surface area contributed by atoms with Gasteiger partial charge >= 0.3 is 5.97 Å². The molecule has 4 heteroatoms. The lowest BCUT2D eigenvalue weighted by atomic mass is 10.2. The summed E-state index contributed by atoms with van der Waals surface area (Å²) >= 11 is 0. The lowest BCUT2D eigenvalue weighted by Crippen LogP contribution is -2.35. The highest BCUT2D eigenvalue weighted by Crippen LogP contribution is 2.21. The molecule has 0 unspecified atom stereocenters. The molecule has 0 bridgehead atoms. The van der Waals surface area contributed by atoms with Crippen LogP contribution in [0.4, 0.5) is 0 Å². The van der Waals surface area contributed by atoms with Crippen molar-refractivity contribution < 1.29 is 14.6 Å². The molecule has 1 heterocycles. The van der Waals surface area contributed by atoms with E-state index in [1.807, 2.05) is 43.0 Å². The third-order valence-electron chi connectivity index (χ3n) is 3.33. The van der Waals surface area contributed by atoms with E-state index in [0.717, 1.165) is 30.7 Å². The maximum atomic E-state index is 11.1. The van der Waals surface area contributed by atoms with Gasteiger partial charge in [-0.25, -0.2) is 0 Å². The summed E-state index contributed by atoms with van der Waals surface area (Å²) in [6.45, 7) is 5.55. The zero-order chi connectivity index (χ0) is 13.8. The zero-order valence-electron chi connectivity index (χ0n) is 11.5. The number of carboxylic acids is 1. The van der Waals surface area contributed by atoms with E-state index in [9.17, 15) is 4.79 Å². The lowest BCUT2D eigenvalue weighted by Gasteiger charge is -2.21. The first-order valence-electron chi connectivity index (χ1n) is 6.78. The molecule has 1 N–H and O–H groups in total. The molecule has 104 valence electrons. The molecule has 1 atom stereocenters. The maximum absolute atomic E-state index is 11.1. The molecule has 0 saturated carbocycles. The van der Waals surface area contributed by atoms with Gasteiger partial charge in [0, 0.05) is 6.54 Å². The number of carbonyl (C=O) groups is 1. The third kappa shape index (κ3) is 3.70. The Labute approximate surface area is 114 Å². The molecule has 1 aliphatic rings. The summed E-state index contributed by atoms with van der Waals surface area (Å²) in [6, 6.07) is 7.58. The molecule has 1 fully saturated rings. The van der Waals surface area contributed by atoms with E-state index in [-0.39, 0.29) is 12.1 Å². The van der Waals surface area contributed by atoms with Crippen LogP contribution in [0.5, 0.6) is 5.75 Å². The topological polar surface area (TPSA) is 49.8 Å². The fourth-order valence-corrected chi connectivity index (χ4v) is 2.48. The van der Waals surface area contributed by atoms with Gasteiger partial charge in [0.2, 0.25) is 0 Å². The van der Waals surface area contributed by atoms with Crippen molar-refractivity contribution in [1.82, 2.24) is 4.90 Å². The van der Waals surface area contributed by atoms with Crippen LogP contribution in [0.25, 0.3) is 0 Å². The Bertz CT molecular complexity index is 428. The van der Waals surface area contributed by atoms with Crippen molar-refractivity contribution in [2.24, 2.45) is 0 Å². The van der Waals surface area contributed by atoms with Crippen LogP contribution in [0.15, 0.2) is 24.3 Å². The SMILES string of the molecule is CC(C)Oc1ccc(CN2CCC[C@@H]2C(=O)O)cc1. The minimum Gasteiger partial charge on any atom is -0.491 e. The van der Waals surface area contributed by atoms with Gasteiger partial charge in [-0.3, -0.25) is 9.69 Å². The molecule has 1 aliphatic heterocycles. The van der Waals surface area contributed by atoms with Crippen molar-refractivity contribution in [3.05, 3.63) is 29.8 Å². The summed E-state index contributed by atoms with van der Waals surface area (Å²) in [5, 5.41) is 9.14. The highest BCUT2D eigenvalue weighted by molar-refractivity contribution is 5.73. The number of rotatable bonds is 5. The van der Waals surface area contributed by atoms with Crippen LogP contribution >= 0.6 is 0 Å². The Hall–Kier alpha value is -1.55. The lowest BCUT2D eigenvalue weighted by molar-refractivity contribution is -0.142. The fourth-order valence-electron chi connectivity index (χ4n) is 2.48. The Morgan fingerprint density at radius 3 is 2.68 bits per heavy atom. The van der Waals surface area contributed by atoms with Crippen LogP contribution in [-0.4, -0.2) is 34.7 Å². The number of benzene rings is 1. The molecule has 0 amide bonds. The fraction of sp³-hybridized carbons (Fsp3) is 0.533. The largest absolute Gasteiger partial charge is 0.491 e. The average molecular weight is 263 g/mol. The summed E-state index contributed by atoms with van der Waals surface area (Å²) < 4.78 is 5.59. The van der Waals surface area contributed by atoms with E-state index in [4.69, 9.17) is 9.84 Å². The standard InChI is InChI=1S/C15H21NO3/c1-11(2)19-13-7-5-12(6-8-13)10-16-9-3-4-14(16)15(17)18/h5-8,11,14H,3-4,9-10H2,1-2H3,(H,17,18)/t14-/m1/s1.